The molecule has 0 aliphatic carbocycles. The number of nitrogens with zero attached hydrogens (tertiary/aromatic N) is 2. The summed E-state index contributed by atoms with van der Waals surface area (Å²) in [6, 6.07) is 12.3. The maximum atomic E-state index is 13.0. The molecule has 3 saturated heterocycles. The molecule has 2 amide bonds. The molecule has 7 heteroatoms. The summed E-state index contributed by atoms with van der Waals surface area (Å²) < 4.78 is 6.21. The molecule has 3 aliphatic rings. The third kappa shape index (κ3) is 2.28. The maximum Gasteiger partial charge on any atom is 0.255 e. The van der Waals surface area contributed by atoms with Gasteiger partial charge in [0.25, 0.3) is 5.91 Å². The van der Waals surface area contributed by atoms with Crippen molar-refractivity contribution in [3.8, 4) is 0 Å². The Bertz CT molecular complexity index is 952. The van der Waals surface area contributed by atoms with Crippen molar-refractivity contribution in [1.29, 1.82) is 0 Å². The van der Waals surface area contributed by atoms with Gasteiger partial charge < -0.3 is 19.5 Å². The molecule has 3 fully saturated rings. The Hall–Kier alpha value is -2.93. The molecule has 7 nitrogen and oxygen atoms in total. The molecule has 27 heavy (non-hydrogen) atoms. The van der Waals surface area contributed by atoms with Crippen LogP contribution < -0.4 is 5.56 Å². The molecule has 1 N–H and O–H groups in total. The van der Waals surface area contributed by atoms with E-state index in [-0.39, 0.29) is 35.9 Å². The fraction of sp³-hybridized carbons (Fsp3) is 0.350. The van der Waals surface area contributed by atoms with E-state index in [4.69, 9.17) is 4.74 Å². The number of ether oxygens (including phenoxy) is 1. The van der Waals surface area contributed by atoms with Crippen molar-refractivity contribution in [2.45, 2.75) is 30.7 Å². The number of pyridine rings is 1. The summed E-state index contributed by atoms with van der Waals surface area (Å²) in [6.45, 7) is 0.959. The first-order valence-corrected chi connectivity index (χ1v) is 9.11. The fourth-order valence-electron chi connectivity index (χ4n) is 4.72. The second kappa shape index (κ2) is 5.79. The zero-order valence-electron chi connectivity index (χ0n) is 14.6. The molecule has 0 unspecified atom stereocenters. The van der Waals surface area contributed by atoms with E-state index in [0.717, 1.165) is 5.56 Å². The van der Waals surface area contributed by atoms with Crippen molar-refractivity contribution in [3.05, 3.63) is 70.1 Å². The molecule has 5 rings (SSSR count). The Morgan fingerprint density at radius 2 is 1.96 bits per heavy atom. The predicted octanol–water partition coefficient (Wildman–Crippen LogP) is 1.29. The van der Waals surface area contributed by atoms with Gasteiger partial charge in [0.2, 0.25) is 11.5 Å². The highest BCUT2D eigenvalue weighted by molar-refractivity contribution is 5.95. The standard InChI is InChI=1S/C20H19N3O4/c24-17-7-6-14(11-21-17)19(26)22-9-8-20-16(22)10-18(25)23(20)15(12-27-20)13-4-2-1-3-5-13/h1-7,11,15-16H,8-10,12H2,(H,21,24)/t15-,16+,20-/m0/s1. The molecule has 1 aromatic heterocycles. The topological polar surface area (TPSA) is 82.7 Å². The van der Waals surface area contributed by atoms with E-state index < -0.39 is 5.72 Å². The summed E-state index contributed by atoms with van der Waals surface area (Å²) in [5.41, 5.74) is 0.468. The van der Waals surface area contributed by atoms with Crippen LogP contribution in [0, 0.1) is 0 Å². The monoisotopic (exact) mass is 365 g/mol. The second-order valence-corrected chi connectivity index (χ2v) is 7.26. The first-order chi connectivity index (χ1) is 13.1. The normalized spacial score (nSPS) is 29.1. The average molecular weight is 365 g/mol. The first-order valence-electron chi connectivity index (χ1n) is 9.11. The van der Waals surface area contributed by atoms with E-state index in [1.54, 1.807) is 4.90 Å². The fourth-order valence-corrected chi connectivity index (χ4v) is 4.72. The van der Waals surface area contributed by atoms with Crippen LogP contribution >= 0.6 is 0 Å². The predicted molar refractivity (Wildman–Crippen MR) is 95.8 cm³/mol. The number of aromatic amines is 1. The molecule has 4 heterocycles. The molecule has 1 spiro atoms. The molecule has 0 radical (unpaired) electrons. The van der Waals surface area contributed by atoms with Crippen LogP contribution in [-0.4, -0.2) is 51.5 Å². The van der Waals surface area contributed by atoms with Crippen molar-refractivity contribution in [3.63, 3.8) is 0 Å². The number of carbonyl (C=O) groups is 2. The van der Waals surface area contributed by atoms with Crippen LogP contribution in [-0.2, 0) is 9.53 Å². The van der Waals surface area contributed by atoms with Crippen molar-refractivity contribution >= 4 is 11.8 Å². The van der Waals surface area contributed by atoms with Gasteiger partial charge in [-0.1, -0.05) is 30.3 Å². The Balaban J connectivity index is 1.46. The summed E-state index contributed by atoms with van der Waals surface area (Å²) >= 11 is 0. The third-order valence-corrected chi connectivity index (χ3v) is 5.93. The molecule has 2 aromatic rings. The number of rotatable bonds is 2. The molecular weight excluding hydrogens is 346 g/mol. The minimum absolute atomic E-state index is 0.0188. The number of H-pyrrole nitrogens is 1. The lowest BCUT2D eigenvalue weighted by Crippen LogP contribution is -2.49. The van der Waals surface area contributed by atoms with Crippen molar-refractivity contribution in [2.24, 2.45) is 0 Å². The van der Waals surface area contributed by atoms with Gasteiger partial charge in [0.1, 0.15) is 0 Å². The quantitative estimate of drug-likeness (QED) is 0.869. The summed E-state index contributed by atoms with van der Waals surface area (Å²) in [5.74, 6) is -0.167. The smallest absolute Gasteiger partial charge is 0.255 e. The lowest BCUT2D eigenvalue weighted by Gasteiger charge is -2.33. The average Bonchev–Trinajstić information content (AvgIpc) is 3.32. The van der Waals surface area contributed by atoms with Crippen molar-refractivity contribution in [1.82, 2.24) is 14.8 Å². The second-order valence-electron chi connectivity index (χ2n) is 7.26. The number of nitrogens with one attached hydrogen (secondary N) is 1. The Morgan fingerprint density at radius 3 is 2.70 bits per heavy atom. The minimum Gasteiger partial charge on any atom is -0.351 e. The van der Waals surface area contributed by atoms with Gasteiger partial charge >= 0.3 is 0 Å². The van der Waals surface area contributed by atoms with E-state index in [0.29, 0.717) is 25.1 Å². The number of aromatic nitrogens is 1. The minimum atomic E-state index is -0.741. The van der Waals surface area contributed by atoms with Crippen LogP contribution in [0.4, 0.5) is 0 Å². The lowest BCUT2D eigenvalue weighted by molar-refractivity contribution is -0.138. The number of benzene rings is 1. The number of likely N-dealkylation sites (tertiary alicyclic amines) is 1. The van der Waals surface area contributed by atoms with E-state index >= 15 is 0 Å². The Labute approximate surface area is 155 Å². The number of carbonyl (C=O) groups excluding carboxylic acids is 2. The van der Waals surface area contributed by atoms with Gasteiger partial charge in [-0.25, -0.2) is 0 Å². The van der Waals surface area contributed by atoms with Gasteiger partial charge in [-0.15, -0.1) is 0 Å². The van der Waals surface area contributed by atoms with Gasteiger partial charge in [-0.3, -0.25) is 14.4 Å². The molecule has 138 valence electrons. The van der Waals surface area contributed by atoms with Crippen LogP contribution in [0.15, 0.2) is 53.5 Å². The summed E-state index contributed by atoms with van der Waals surface area (Å²) in [5, 5.41) is 0. The first kappa shape index (κ1) is 16.3. The van der Waals surface area contributed by atoms with Gasteiger partial charge in [0, 0.05) is 25.2 Å². The van der Waals surface area contributed by atoms with Gasteiger partial charge in [0.05, 0.1) is 30.7 Å². The van der Waals surface area contributed by atoms with Crippen LogP contribution in [0.5, 0.6) is 0 Å². The number of hydrogen-bond acceptors (Lipinski definition) is 4. The van der Waals surface area contributed by atoms with E-state index in [1.165, 1.54) is 18.3 Å². The Kier molecular flexibility index (Phi) is 3.48. The highest BCUT2D eigenvalue weighted by atomic mass is 16.5. The van der Waals surface area contributed by atoms with E-state index in [1.807, 2.05) is 35.2 Å². The summed E-state index contributed by atoms with van der Waals surface area (Å²) in [4.78, 5) is 43.2. The van der Waals surface area contributed by atoms with E-state index in [2.05, 4.69) is 4.98 Å². The van der Waals surface area contributed by atoms with Crippen molar-refractivity contribution < 1.29 is 14.3 Å². The molecule has 3 aliphatic heterocycles. The largest absolute Gasteiger partial charge is 0.351 e. The van der Waals surface area contributed by atoms with Crippen LogP contribution in [0.2, 0.25) is 0 Å². The summed E-state index contributed by atoms with van der Waals surface area (Å²) in [7, 11) is 0. The highest BCUT2D eigenvalue weighted by Crippen LogP contribution is 2.51. The molecule has 1 aromatic carbocycles. The SMILES string of the molecule is O=C(c1ccc(=O)[nH]c1)N1CC[C@@]23OC[C@@H](c4ccccc4)N2C(=O)C[C@@H]13. The van der Waals surface area contributed by atoms with Gasteiger partial charge in [-0.2, -0.15) is 0 Å². The maximum absolute atomic E-state index is 13.0. The Morgan fingerprint density at radius 1 is 1.15 bits per heavy atom. The number of hydrogen-bond donors (Lipinski definition) is 1. The lowest BCUT2D eigenvalue weighted by atomic mass is 10.0. The zero-order chi connectivity index (χ0) is 18.6. The number of amides is 2. The van der Waals surface area contributed by atoms with Crippen molar-refractivity contribution in [2.75, 3.05) is 13.2 Å². The van der Waals surface area contributed by atoms with E-state index in [9.17, 15) is 14.4 Å². The van der Waals surface area contributed by atoms with Crippen LogP contribution in [0.1, 0.15) is 34.8 Å². The van der Waals surface area contributed by atoms with Gasteiger partial charge in [0.15, 0.2) is 5.72 Å². The molecule has 0 saturated carbocycles. The van der Waals surface area contributed by atoms with Gasteiger partial charge in [-0.05, 0) is 11.6 Å². The van der Waals surface area contributed by atoms with Crippen LogP contribution in [0.3, 0.4) is 0 Å². The molecular formula is C20H19N3O4. The zero-order valence-corrected chi connectivity index (χ0v) is 14.6. The highest BCUT2D eigenvalue weighted by Gasteiger charge is 2.65. The molecule has 0 bridgehead atoms. The van der Waals surface area contributed by atoms with Crippen LogP contribution in [0.25, 0.3) is 0 Å². The summed E-state index contributed by atoms with van der Waals surface area (Å²) in [6.07, 6.45) is 2.28. The third-order valence-electron chi connectivity index (χ3n) is 5.93. The molecule has 3 atom stereocenters.